The number of aromatic amines is 1. The second kappa shape index (κ2) is 2.76. The van der Waals surface area contributed by atoms with Crippen molar-refractivity contribution in [3.05, 3.63) is 34.2 Å². The van der Waals surface area contributed by atoms with Gasteiger partial charge in [-0.2, -0.15) is 0 Å². The van der Waals surface area contributed by atoms with Crippen molar-refractivity contribution in [3.63, 3.8) is 0 Å². The average molecular weight is 176 g/mol. The van der Waals surface area contributed by atoms with E-state index in [-0.39, 0.29) is 5.69 Å². The number of hydrogen-bond donors (Lipinski definition) is 1. The van der Waals surface area contributed by atoms with E-state index in [0.717, 1.165) is 17.5 Å². The van der Waals surface area contributed by atoms with Crippen LogP contribution in [-0.2, 0) is 13.5 Å². The molecule has 0 aliphatic heterocycles. The third-order valence-corrected chi connectivity index (χ3v) is 2.38. The van der Waals surface area contributed by atoms with Gasteiger partial charge in [0.1, 0.15) is 0 Å². The van der Waals surface area contributed by atoms with Gasteiger partial charge in [0, 0.05) is 7.05 Å². The van der Waals surface area contributed by atoms with Crippen LogP contribution < -0.4 is 5.69 Å². The highest BCUT2D eigenvalue weighted by Crippen LogP contribution is 2.11. The van der Waals surface area contributed by atoms with Gasteiger partial charge in [-0.15, -0.1) is 0 Å². The van der Waals surface area contributed by atoms with Gasteiger partial charge in [0.25, 0.3) is 0 Å². The maximum Gasteiger partial charge on any atom is 0.326 e. The van der Waals surface area contributed by atoms with Crippen LogP contribution >= 0.6 is 0 Å². The van der Waals surface area contributed by atoms with Gasteiger partial charge in [0.05, 0.1) is 11.0 Å². The van der Waals surface area contributed by atoms with E-state index in [1.165, 1.54) is 5.56 Å². The third kappa shape index (κ3) is 1.16. The summed E-state index contributed by atoms with van der Waals surface area (Å²) in [5, 5.41) is 0. The van der Waals surface area contributed by atoms with Gasteiger partial charge < -0.3 is 4.98 Å². The van der Waals surface area contributed by atoms with Crippen LogP contribution in [0.15, 0.2) is 23.0 Å². The van der Waals surface area contributed by atoms with E-state index in [0.29, 0.717) is 0 Å². The summed E-state index contributed by atoms with van der Waals surface area (Å²) in [6, 6.07) is 6.04. The fraction of sp³-hybridized carbons (Fsp3) is 0.300. The molecule has 0 radical (unpaired) electrons. The van der Waals surface area contributed by atoms with E-state index in [9.17, 15) is 4.79 Å². The van der Waals surface area contributed by atoms with Crippen molar-refractivity contribution in [1.82, 2.24) is 9.55 Å². The maximum absolute atomic E-state index is 11.2. The van der Waals surface area contributed by atoms with Crippen LogP contribution in [-0.4, -0.2) is 9.55 Å². The number of benzene rings is 1. The first-order valence-corrected chi connectivity index (χ1v) is 4.40. The van der Waals surface area contributed by atoms with Crippen LogP contribution in [0, 0.1) is 0 Å². The van der Waals surface area contributed by atoms with Gasteiger partial charge in [-0.3, -0.25) is 4.57 Å². The minimum absolute atomic E-state index is 0.0525. The summed E-state index contributed by atoms with van der Waals surface area (Å²) in [5.74, 6) is 0. The van der Waals surface area contributed by atoms with E-state index in [2.05, 4.69) is 11.9 Å². The molecule has 2 rings (SSSR count). The fourth-order valence-electron chi connectivity index (χ4n) is 1.49. The highest BCUT2D eigenvalue weighted by atomic mass is 16.1. The number of hydrogen-bond acceptors (Lipinski definition) is 1. The van der Waals surface area contributed by atoms with E-state index in [1.807, 2.05) is 18.2 Å². The molecule has 3 nitrogen and oxygen atoms in total. The minimum atomic E-state index is -0.0525. The summed E-state index contributed by atoms with van der Waals surface area (Å²) >= 11 is 0. The lowest BCUT2D eigenvalue weighted by atomic mass is 10.1. The molecule has 3 heteroatoms. The van der Waals surface area contributed by atoms with Gasteiger partial charge in [0.2, 0.25) is 0 Å². The summed E-state index contributed by atoms with van der Waals surface area (Å²) in [5.41, 5.74) is 3.08. The van der Waals surface area contributed by atoms with Crippen molar-refractivity contribution in [2.75, 3.05) is 0 Å². The molecule has 0 fully saturated rings. The van der Waals surface area contributed by atoms with E-state index < -0.39 is 0 Å². The highest BCUT2D eigenvalue weighted by Gasteiger charge is 2.02. The quantitative estimate of drug-likeness (QED) is 0.701. The third-order valence-electron chi connectivity index (χ3n) is 2.38. The van der Waals surface area contributed by atoms with Crippen molar-refractivity contribution in [2.45, 2.75) is 13.3 Å². The molecule has 0 unspecified atom stereocenters. The van der Waals surface area contributed by atoms with Crippen molar-refractivity contribution >= 4 is 11.0 Å². The highest BCUT2D eigenvalue weighted by molar-refractivity contribution is 5.75. The summed E-state index contributed by atoms with van der Waals surface area (Å²) in [7, 11) is 1.78. The standard InChI is InChI=1S/C10H12N2O/c1-3-7-4-5-8-9(6-7)12(2)10(13)11-8/h4-6H,3H2,1-2H3,(H,11,13). The lowest BCUT2D eigenvalue weighted by Gasteiger charge is -1.97. The molecule has 1 heterocycles. The van der Waals surface area contributed by atoms with E-state index >= 15 is 0 Å². The summed E-state index contributed by atoms with van der Waals surface area (Å²) in [4.78, 5) is 14.0. The number of nitrogens with one attached hydrogen (secondary N) is 1. The maximum atomic E-state index is 11.2. The first-order valence-electron chi connectivity index (χ1n) is 4.40. The number of aryl methyl sites for hydroxylation is 2. The number of imidazole rings is 1. The molecule has 1 N–H and O–H groups in total. The monoisotopic (exact) mass is 176 g/mol. The molecule has 13 heavy (non-hydrogen) atoms. The number of aromatic nitrogens is 2. The van der Waals surface area contributed by atoms with Crippen molar-refractivity contribution in [3.8, 4) is 0 Å². The normalized spacial score (nSPS) is 10.9. The first-order chi connectivity index (χ1) is 6.22. The van der Waals surface area contributed by atoms with E-state index in [4.69, 9.17) is 0 Å². The Hall–Kier alpha value is -1.51. The number of H-pyrrole nitrogens is 1. The molecule has 0 aliphatic carbocycles. The van der Waals surface area contributed by atoms with Crippen LogP contribution in [0.5, 0.6) is 0 Å². The molecule has 68 valence electrons. The minimum Gasteiger partial charge on any atom is -0.306 e. The molecular formula is C10H12N2O. The van der Waals surface area contributed by atoms with Crippen molar-refractivity contribution in [2.24, 2.45) is 7.05 Å². The number of fused-ring (bicyclic) bond motifs is 1. The van der Waals surface area contributed by atoms with Gasteiger partial charge in [-0.1, -0.05) is 13.0 Å². The molecule has 0 spiro atoms. The second-order valence-electron chi connectivity index (χ2n) is 3.19. The van der Waals surface area contributed by atoms with Crippen LogP contribution in [0.3, 0.4) is 0 Å². The van der Waals surface area contributed by atoms with E-state index in [1.54, 1.807) is 11.6 Å². The Morgan fingerprint density at radius 1 is 1.46 bits per heavy atom. The lowest BCUT2D eigenvalue weighted by molar-refractivity contribution is 0.890. The Labute approximate surface area is 76.0 Å². The Kier molecular flexibility index (Phi) is 1.72. The summed E-state index contributed by atoms with van der Waals surface area (Å²) < 4.78 is 1.63. The predicted octanol–water partition coefficient (Wildman–Crippen LogP) is 1.43. The molecule has 0 saturated carbocycles. The zero-order valence-corrected chi connectivity index (χ0v) is 7.79. The van der Waals surface area contributed by atoms with Gasteiger partial charge >= 0.3 is 5.69 Å². The van der Waals surface area contributed by atoms with Gasteiger partial charge in [-0.05, 0) is 24.1 Å². The largest absolute Gasteiger partial charge is 0.326 e. The second-order valence-corrected chi connectivity index (χ2v) is 3.19. The SMILES string of the molecule is CCc1ccc2[nH]c(=O)n(C)c2c1. The molecule has 0 saturated heterocycles. The van der Waals surface area contributed by atoms with Crippen LogP contribution in [0.2, 0.25) is 0 Å². The van der Waals surface area contributed by atoms with Crippen molar-refractivity contribution in [1.29, 1.82) is 0 Å². The molecule has 1 aromatic heterocycles. The smallest absolute Gasteiger partial charge is 0.306 e. The van der Waals surface area contributed by atoms with Crippen LogP contribution in [0.25, 0.3) is 11.0 Å². The van der Waals surface area contributed by atoms with Crippen LogP contribution in [0.4, 0.5) is 0 Å². The molecular weight excluding hydrogens is 164 g/mol. The predicted molar refractivity (Wildman–Crippen MR) is 52.9 cm³/mol. The lowest BCUT2D eigenvalue weighted by Crippen LogP contribution is -2.11. The Bertz CT molecular complexity index is 493. The zero-order valence-electron chi connectivity index (χ0n) is 7.79. The number of rotatable bonds is 1. The zero-order chi connectivity index (χ0) is 9.42. The molecule has 0 amide bonds. The first kappa shape index (κ1) is 8.10. The molecule has 0 bridgehead atoms. The molecule has 1 aromatic carbocycles. The van der Waals surface area contributed by atoms with Crippen molar-refractivity contribution < 1.29 is 0 Å². The Morgan fingerprint density at radius 3 is 2.92 bits per heavy atom. The summed E-state index contributed by atoms with van der Waals surface area (Å²) in [6.45, 7) is 2.10. The molecule has 0 aliphatic rings. The average Bonchev–Trinajstić information content (AvgIpc) is 2.43. The van der Waals surface area contributed by atoms with Gasteiger partial charge in [0.15, 0.2) is 0 Å². The number of nitrogens with zero attached hydrogens (tertiary/aromatic N) is 1. The molecule has 2 aromatic rings. The Morgan fingerprint density at radius 2 is 2.23 bits per heavy atom. The fourth-order valence-corrected chi connectivity index (χ4v) is 1.49. The Balaban J connectivity index is 2.82. The van der Waals surface area contributed by atoms with Gasteiger partial charge in [-0.25, -0.2) is 4.79 Å². The molecule has 0 atom stereocenters. The summed E-state index contributed by atoms with van der Waals surface area (Å²) in [6.07, 6.45) is 0.995. The van der Waals surface area contributed by atoms with Crippen LogP contribution in [0.1, 0.15) is 12.5 Å². The topological polar surface area (TPSA) is 37.8 Å².